The minimum atomic E-state index is -1.07. The quantitative estimate of drug-likeness (QED) is 0.251. The van der Waals surface area contributed by atoms with Crippen molar-refractivity contribution in [1.82, 2.24) is 0 Å². The molecule has 43 heavy (non-hydrogen) atoms. The molecule has 5 atom stereocenters. The van der Waals surface area contributed by atoms with Gasteiger partial charge in [0.25, 0.3) is 0 Å². The fourth-order valence-corrected chi connectivity index (χ4v) is 8.22. The molecule has 7 aliphatic rings. The van der Waals surface area contributed by atoms with Crippen LogP contribution in [0.5, 0.6) is 0 Å². The average Bonchev–Trinajstić information content (AvgIpc) is 3.48. The molecular weight excluding hydrogens is 552 g/mol. The van der Waals surface area contributed by atoms with Crippen LogP contribution in [0, 0.1) is 34.0 Å². The standard InChI is InChI=1S/C19H32O2.C15H22O7/c1-6-17(2,3)16(20)21-18(4,5)19-10-13-7-14(11-19)9-15(8-13)12-19;1-6-14(2,3)13(17)20-9-7-8(18-11(9)16)10-12(19-7)22-15(4,5)21-10/h13-15H,6-12H2,1-5H3;7-10,12H,6H2,1-5H3/t;7-,8-,9-,10?,12?/m.0/s1. The molecule has 244 valence electrons. The Kier molecular flexibility index (Phi) is 8.34. The molecule has 9 heteroatoms. The second-order valence-corrected chi connectivity index (χ2v) is 16.4. The summed E-state index contributed by atoms with van der Waals surface area (Å²) in [5.41, 5.74) is -1.09. The molecule has 0 spiro atoms. The molecule has 3 heterocycles. The molecule has 0 amide bonds. The summed E-state index contributed by atoms with van der Waals surface area (Å²) >= 11 is 0. The lowest BCUT2D eigenvalue weighted by Gasteiger charge is -2.61. The fourth-order valence-electron chi connectivity index (χ4n) is 8.22. The molecule has 3 saturated heterocycles. The number of fused-ring (bicyclic) bond motifs is 3. The van der Waals surface area contributed by atoms with E-state index in [1.807, 2.05) is 20.8 Å². The van der Waals surface area contributed by atoms with Crippen LogP contribution in [0.25, 0.3) is 0 Å². The summed E-state index contributed by atoms with van der Waals surface area (Å²) in [6, 6.07) is 0. The third-order valence-corrected chi connectivity index (χ3v) is 11.6. The van der Waals surface area contributed by atoms with Gasteiger partial charge in [0.05, 0.1) is 10.8 Å². The van der Waals surface area contributed by atoms with E-state index in [1.165, 1.54) is 38.5 Å². The Morgan fingerprint density at radius 1 is 0.791 bits per heavy atom. The normalized spacial score (nSPS) is 39.0. The molecule has 4 aliphatic carbocycles. The van der Waals surface area contributed by atoms with Crippen molar-refractivity contribution >= 4 is 17.9 Å². The average molecular weight is 607 g/mol. The lowest BCUT2D eigenvalue weighted by atomic mass is 9.46. The highest BCUT2D eigenvalue weighted by molar-refractivity contribution is 5.84. The van der Waals surface area contributed by atoms with E-state index in [-0.39, 0.29) is 22.4 Å². The van der Waals surface area contributed by atoms with Crippen LogP contribution in [-0.2, 0) is 42.8 Å². The minimum absolute atomic E-state index is 0.00857. The van der Waals surface area contributed by atoms with Gasteiger partial charge in [0.15, 0.2) is 24.3 Å². The van der Waals surface area contributed by atoms with Crippen molar-refractivity contribution in [2.45, 2.75) is 163 Å². The summed E-state index contributed by atoms with van der Waals surface area (Å²) < 4.78 is 33.8. The van der Waals surface area contributed by atoms with Crippen LogP contribution in [-0.4, -0.2) is 60.0 Å². The van der Waals surface area contributed by atoms with E-state index in [9.17, 15) is 14.4 Å². The number of ether oxygens (including phenoxy) is 6. The Hall–Kier alpha value is -1.71. The summed E-state index contributed by atoms with van der Waals surface area (Å²) in [6.45, 7) is 19.4. The Balaban J connectivity index is 0.000000171. The highest BCUT2D eigenvalue weighted by atomic mass is 16.9. The molecule has 2 unspecified atom stereocenters. The topological polar surface area (TPSA) is 107 Å². The summed E-state index contributed by atoms with van der Waals surface area (Å²) in [5.74, 6) is 0.856. The van der Waals surface area contributed by atoms with Crippen LogP contribution in [0.4, 0.5) is 0 Å². The smallest absolute Gasteiger partial charge is 0.350 e. The van der Waals surface area contributed by atoms with Gasteiger partial charge in [-0.25, -0.2) is 4.79 Å². The molecule has 0 aromatic heterocycles. The Morgan fingerprint density at radius 3 is 1.81 bits per heavy atom. The lowest BCUT2D eigenvalue weighted by molar-refractivity contribution is -0.217. The maximum Gasteiger partial charge on any atom is 0.350 e. The van der Waals surface area contributed by atoms with Crippen LogP contribution >= 0.6 is 0 Å². The van der Waals surface area contributed by atoms with E-state index in [0.29, 0.717) is 6.42 Å². The van der Waals surface area contributed by atoms with Gasteiger partial charge in [0.2, 0.25) is 6.10 Å². The van der Waals surface area contributed by atoms with Gasteiger partial charge in [0, 0.05) is 5.41 Å². The van der Waals surface area contributed by atoms with Crippen molar-refractivity contribution in [3.05, 3.63) is 0 Å². The number of carbonyl (C=O) groups excluding carboxylic acids is 3. The summed E-state index contributed by atoms with van der Waals surface area (Å²) in [4.78, 5) is 36.8. The fraction of sp³-hybridized carbons (Fsp3) is 0.912. The predicted molar refractivity (Wildman–Crippen MR) is 157 cm³/mol. The molecule has 0 aromatic rings. The van der Waals surface area contributed by atoms with Gasteiger partial charge >= 0.3 is 17.9 Å². The molecular formula is C34H54O9. The van der Waals surface area contributed by atoms with Crippen LogP contribution in [0.1, 0.15) is 121 Å². The van der Waals surface area contributed by atoms with Gasteiger partial charge in [-0.1, -0.05) is 13.8 Å². The van der Waals surface area contributed by atoms with Crippen molar-refractivity contribution < 1.29 is 42.8 Å². The van der Waals surface area contributed by atoms with Crippen molar-refractivity contribution in [1.29, 1.82) is 0 Å². The van der Waals surface area contributed by atoms with Crippen LogP contribution in [0.2, 0.25) is 0 Å². The number of carbonyl (C=O) groups is 3. The van der Waals surface area contributed by atoms with E-state index >= 15 is 0 Å². The Morgan fingerprint density at radius 2 is 1.30 bits per heavy atom. The monoisotopic (exact) mass is 606 g/mol. The molecule has 7 rings (SSSR count). The molecule has 9 nitrogen and oxygen atoms in total. The Bertz CT molecular complexity index is 1070. The maximum absolute atomic E-state index is 12.6. The third-order valence-electron chi connectivity index (χ3n) is 11.6. The third kappa shape index (κ3) is 5.99. The first kappa shape index (κ1) is 32.7. The Labute approximate surface area is 257 Å². The van der Waals surface area contributed by atoms with Crippen LogP contribution in [0.15, 0.2) is 0 Å². The summed E-state index contributed by atoms with van der Waals surface area (Å²) in [5, 5.41) is 0. The molecule has 4 saturated carbocycles. The van der Waals surface area contributed by atoms with Crippen molar-refractivity contribution in [2.75, 3.05) is 0 Å². The zero-order valence-electron chi connectivity index (χ0n) is 27.9. The second-order valence-electron chi connectivity index (χ2n) is 16.4. The highest BCUT2D eigenvalue weighted by Crippen LogP contribution is 2.64. The zero-order valence-corrected chi connectivity index (χ0v) is 27.9. The minimum Gasteiger partial charge on any atom is -0.459 e. The molecule has 0 radical (unpaired) electrons. The van der Waals surface area contributed by atoms with E-state index in [2.05, 4.69) is 20.8 Å². The highest BCUT2D eigenvalue weighted by Gasteiger charge is 2.64. The summed E-state index contributed by atoms with van der Waals surface area (Å²) in [7, 11) is 0. The van der Waals surface area contributed by atoms with E-state index in [4.69, 9.17) is 28.4 Å². The van der Waals surface area contributed by atoms with E-state index in [1.54, 1.807) is 27.7 Å². The predicted octanol–water partition coefficient (Wildman–Crippen LogP) is 6.10. The van der Waals surface area contributed by atoms with Gasteiger partial charge in [-0.2, -0.15) is 0 Å². The lowest BCUT2D eigenvalue weighted by Crippen LogP contribution is -2.58. The molecule has 0 aromatic carbocycles. The van der Waals surface area contributed by atoms with Gasteiger partial charge in [-0.05, 0) is 125 Å². The van der Waals surface area contributed by atoms with Crippen molar-refractivity contribution in [2.24, 2.45) is 34.0 Å². The van der Waals surface area contributed by atoms with Crippen molar-refractivity contribution in [3.63, 3.8) is 0 Å². The first-order valence-electron chi connectivity index (χ1n) is 16.5. The zero-order chi connectivity index (χ0) is 31.8. The molecule has 3 aliphatic heterocycles. The molecule has 0 N–H and O–H groups in total. The van der Waals surface area contributed by atoms with Crippen molar-refractivity contribution in [3.8, 4) is 0 Å². The number of esters is 3. The van der Waals surface area contributed by atoms with E-state index < -0.39 is 53.8 Å². The number of hydrogen-bond donors (Lipinski definition) is 0. The van der Waals surface area contributed by atoms with Crippen LogP contribution < -0.4 is 0 Å². The maximum atomic E-state index is 12.6. The van der Waals surface area contributed by atoms with Gasteiger partial charge in [-0.15, -0.1) is 0 Å². The molecule has 7 fully saturated rings. The number of rotatable bonds is 7. The first-order chi connectivity index (χ1) is 19.8. The first-order valence-corrected chi connectivity index (χ1v) is 16.5. The molecule has 4 bridgehead atoms. The second kappa shape index (κ2) is 11.0. The van der Waals surface area contributed by atoms with Gasteiger partial charge < -0.3 is 28.4 Å². The SMILES string of the molecule is CCC(C)(C)C(=O)OC(C)(C)C12CC3CC(CC(C3)C1)C2.CCC(C)(C)C(=O)O[C@@H]1C(=O)O[C@@H]2C3OC(C)(C)OC3O[C@H]12. The van der Waals surface area contributed by atoms with Gasteiger partial charge in [0.1, 0.15) is 11.7 Å². The van der Waals surface area contributed by atoms with E-state index in [0.717, 1.165) is 24.2 Å². The van der Waals surface area contributed by atoms with Gasteiger partial charge in [-0.3, -0.25) is 9.59 Å². The summed E-state index contributed by atoms with van der Waals surface area (Å²) in [6.07, 6.45) is 6.13. The largest absolute Gasteiger partial charge is 0.459 e. The number of hydrogen-bond acceptors (Lipinski definition) is 9. The van der Waals surface area contributed by atoms with Crippen LogP contribution in [0.3, 0.4) is 0 Å².